The van der Waals surface area contributed by atoms with Crippen molar-refractivity contribution < 1.29 is 0 Å². The highest BCUT2D eigenvalue weighted by Gasteiger charge is 2.43. The van der Waals surface area contributed by atoms with E-state index in [0.717, 1.165) is 24.0 Å². The number of hydrogen-bond acceptors (Lipinski definition) is 2. The molecule has 1 aliphatic carbocycles. The normalized spacial score (nSPS) is 38.8. The lowest BCUT2D eigenvalue weighted by atomic mass is 9.88. The SMILES string of the molecule is CNCC1CC2CCC(C1)N2C1CCCCCC1. The number of piperidine rings is 1. The van der Waals surface area contributed by atoms with Crippen LogP contribution in [0.1, 0.15) is 64.2 Å². The molecular weight excluding hydrogens is 220 g/mol. The van der Waals surface area contributed by atoms with Gasteiger partial charge in [-0.25, -0.2) is 0 Å². The van der Waals surface area contributed by atoms with E-state index < -0.39 is 0 Å². The number of rotatable bonds is 3. The standard InChI is InChI=1S/C16H30N2/c1-17-12-13-10-15-8-9-16(11-13)18(15)14-6-4-2-3-5-7-14/h13-17H,2-12H2,1H3. The molecule has 2 heterocycles. The van der Waals surface area contributed by atoms with Crippen LogP contribution < -0.4 is 5.32 Å². The van der Waals surface area contributed by atoms with Gasteiger partial charge >= 0.3 is 0 Å². The molecule has 3 rings (SSSR count). The molecule has 0 amide bonds. The summed E-state index contributed by atoms with van der Waals surface area (Å²) >= 11 is 0. The quantitative estimate of drug-likeness (QED) is 0.774. The average molecular weight is 250 g/mol. The molecule has 2 bridgehead atoms. The van der Waals surface area contributed by atoms with Crippen LogP contribution in [-0.4, -0.2) is 36.6 Å². The smallest absolute Gasteiger partial charge is 0.0105 e. The zero-order valence-corrected chi connectivity index (χ0v) is 12.0. The first-order chi connectivity index (χ1) is 8.88. The second-order valence-electron chi connectivity index (χ2n) is 6.87. The lowest BCUT2D eigenvalue weighted by Gasteiger charge is -2.43. The van der Waals surface area contributed by atoms with E-state index in [0.29, 0.717) is 0 Å². The summed E-state index contributed by atoms with van der Waals surface area (Å²) in [7, 11) is 2.11. The van der Waals surface area contributed by atoms with Crippen LogP contribution >= 0.6 is 0 Å². The summed E-state index contributed by atoms with van der Waals surface area (Å²) < 4.78 is 0. The lowest BCUT2D eigenvalue weighted by molar-refractivity contribution is 0.0524. The van der Waals surface area contributed by atoms with Gasteiger partial charge in [0.1, 0.15) is 0 Å². The summed E-state index contributed by atoms with van der Waals surface area (Å²) in [6, 6.07) is 2.82. The minimum absolute atomic E-state index is 0.935. The molecule has 2 heteroatoms. The highest BCUT2D eigenvalue weighted by Crippen LogP contribution is 2.42. The van der Waals surface area contributed by atoms with Crippen molar-refractivity contribution in [1.82, 2.24) is 10.2 Å². The Balaban J connectivity index is 1.63. The highest BCUT2D eigenvalue weighted by molar-refractivity contribution is 4.98. The van der Waals surface area contributed by atoms with E-state index in [-0.39, 0.29) is 0 Å². The fourth-order valence-corrected chi connectivity index (χ4v) is 4.93. The Labute approximate surface area is 113 Å². The van der Waals surface area contributed by atoms with Crippen LogP contribution in [0.2, 0.25) is 0 Å². The molecule has 0 aromatic carbocycles. The fraction of sp³-hybridized carbons (Fsp3) is 1.00. The molecule has 0 spiro atoms. The van der Waals surface area contributed by atoms with Crippen molar-refractivity contribution in [2.45, 2.75) is 82.3 Å². The Morgan fingerprint density at radius 3 is 2.00 bits per heavy atom. The van der Waals surface area contributed by atoms with Gasteiger partial charge < -0.3 is 5.32 Å². The zero-order chi connectivity index (χ0) is 12.4. The van der Waals surface area contributed by atoms with Gasteiger partial charge in [-0.05, 0) is 58.0 Å². The molecular formula is C16H30N2. The summed E-state index contributed by atoms with van der Waals surface area (Å²) in [5.41, 5.74) is 0. The summed E-state index contributed by atoms with van der Waals surface area (Å²) in [4.78, 5) is 2.98. The number of nitrogens with zero attached hydrogens (tertiary/aromatic N) is 1. The van der Waals surface area contributed by atoms with Crippen LogP contribution in [0.4, 0.5) is 0 Å². The summed E-state index contributed by atoms with van der Waals surface area (Å²) in [5, 5.41) is 3.39. The molecule has 0 aromatic heterocycles. The van der Waals surface area contributed by atoms with E-state index in [1.165, 1.54) is 70.8 Å². The first-order valence-corrected chi connectivity index (χ1v) is 8.30. The Kier molecular flexibility index (Phi) is 4.25. The van der Waals surface area contributed by atoms with Crippen LogP contribution in [0.15, 0.2) is 0 Å². The molecule has 18 heavy (non-hydrogen) atoms. The monoisotopic (exact) mass is 250 g/mol. The van der Waals surface area contributed by atoms with E-state index in [9.17, 15) is 0 Å². The largest absolute Gasteiger partial charge is 0.319 e. The predicted molar refractivity (Wildman–Crippen MR) is 76.8 cm³/mol. The van der Waals surface area contributed by atoms with Crippen molar-refractivity contribution in [2.24, 2.45) is 5.92 Å². The third-order valence-corrected chi connectivity index (χ3v) is 5.63. The maximum Gasteiger partial charge on any atom is 0.0105 e. The van der Waals surface area contributed by atoms with E-state index in [4.69, 9.17) is 0 Å². The minimum Gasteiger partial charge on any atom is -0.319 e. The fourth-order valence-electron chi connectivity index (χ4n) is 4.93. The van der Waals surface area contributed by atoms with Gasteiger partial charge in [0.15, 0.2) is 0 Å². The van der Waals surface area contributed by atoms with E-state index in [2.05, 4.69) is 17.3 Å². The molecule has 2 atom stereocenters. The zero-order valence-electron chi connectivity index (χ0n) is 12.0. The van der Waals surface area contributed by atoms with Crippen molar-refractivity contribution in [2.75, 3.05) is 13.6 Å². The Hall–Kier alpha value is -0.0800. The van der Waals surface area contributed by atoms with E-state index in [1.54, 1.807) is 0 Å². The lowest BCUT2D eigenvalue weighted by Crippen LogP contribution is -2.49. The van der Waals surface area contributed by atoms with Crippen LogP contribution in [-0.2, 0) is 0 Å². The maximum absolute atomic E-state index is 3.39. The van der Waals surface area contributed by atoms with E-state index >= 15 is 0 Å². The van der Waals surface area contributed by atoms with Gasteiger partial charge in [-0.1, -0.05) is 25.7 Å². The van der Waals surface area contributed by atoms with Gasteiger partial charge in [-0.3, -0.25) is 4.90 Å². The Morgan fingerprint density at radius 2 is 1.44 bits per heavy atom. The van der Waals surface area contributed by atoms with Gasteiger partial charge in [0.05, 0.1) is 0 Å². The third kappa shape index (κ3) is 2.60. The highest BCUT2D eigenvalue weighted by atomic mass is 15.2. The molecule has 104 valence electrons. The molecule has 3 aliphatic rings. The van der Waals surface area contributed by atoms with Crippen molar-refractivity contribution in [3.05, 3.63) is 0 Å². The Morgan fingerprint density at radius 1 is 0.833 bits per heavy atom. The molecule has 2 saturated heterocycles. The molecule has 2 nitrogen and oxygen atoms in total. The van der Waals surface area contributed by atoms with E-state index in [1.807, 2.05) is 0 Å². The van der Waals surface area contributed by atoms with Gasteiger partial charge in [-0.2, -0.15) is 0 Å². The Bertz CT molecular complexity index is 244. The van der Waals surface area contributed by atoms with Crippen LogP contribution in [0.3, 0.4) is 0 Å². The van der Waals surface area contributed by atoms with Crippen molar-refractivity contribution in [1.29, 1.82) is 0 Å². The molecule has 3 fully saturated rings. The van der Waals surface area contributed by atoms with Crippen molar-refractivity contribution >= 4 is 0 Å². The van der Waals surface area contributed by atoms with Crippen LogP contribution in [0.25, 0.3) is 0 Å². The van der Waals surface area contributed by atoms with Crippen LogP contribution in [0, 0.1) is 5.92 Å². The molecule has 1 saturated carbocycles. The number of fused-ring (bicyclic) bond motifs is 2. The first kappa shape index (κ1) is 12.9. The van der Waals surface area contributed by atoms with Crippen LogP contribution in [0.5, 0.6) is 0 Å². The van der Waals surface area contributed by atoms with Gasteiger partial charge in [0.25, 0.3) is 0 Å². The summed E-state index contributed by atoms with van der Waals surface area (Å²) in [6.07, 6.45) is 14.8. The minimum atomic E-state index is 0.935. The second-order valence-corrected chi connectivity index (χ2v) is 6.87. The molecule has 2 unspecified atom stereocenters. The predicted octanol–water partition coefficient (Wildman–Crippen LogP) is 3.17. The molecule has 0 radical (unpaired) electrons. The van der Waals surface area contributed by atoms with Crippen molar-refractivity contribution in [3.8, 4) is 0 Å². The molecule has 2 aliphatic heterocycles. The van der Waals surface area contributed by atoms with Gasteiger partial charge in [0, 0.05) is 18.1 Å². The second kappa shape index (κ2) is 5.92. The molecule has 0 aromatic rings. The third-order valence-electron chi connectivity index (χ3n) is 5.63. The topological polar surface area (TPSA) is 15.3 Å². The van der Waals surface area contributed by atoms with Crippen molar-refractivity contribution in [3.63, 3.8) is 0 Å². The van der Waals surface area contributed by atoms with Gasteiger partial charge in [0.2, 0.25) is 0 Å². The number of hydrogen-bond donors (Lipinski definition) is 1. The maximum atomic E-state index is 3.39. The summed E-state index contributed by atoms with van der Waals surface area (Å²) in [6.45, 7) is 1.24. The number of nitrogens with one attached hydrogen (secondary N) is 1. The van der Waals surface area contributed by atoms with Gasteiger partial charge in [-0.15, -0.1) is 0 Å². The summed E-state index contributed by atoms with van der Waals surface area (Å²) in [5.74, 6) is 0.953. The average Bonchev–Trinajstić information content (AvgIpc) is 2.62. The molecule has 1 N–H and O–H groups in total. The first-order valence-electron chi connectivity index (χ1n) is 8.30.